The van der Waals surface area contributed by atoms with Gasteiger partial charge in [-0.05, 0) is 49.6 Å². The van der Waals surface area contributed by atoms with Crippen molar-refractivity contribution in [2.45, 2.75) is 33.7 Å². The monoisotopic (exact) mass is 419 g/mol. The van der Waals surface area contributed by atoms with E-state index in [1.165, 1.54) is 0 Å². The van der Waals surface area contributed by atoms with Crippen LogP contribution in [0.4, 0.5) is 0 Å². The van der Waals surface area contributed by atoms with E-state index < -0.39 is 0 Å². The number of carbonyl (C=O) groups is 1. The zero-order valence-corrected chi connectivity index (χ0v) is 18.0. The smallest absolute Gasteiger partial charge is 0.339 e. The van der Waals surface area contributed by atoms with Crippen LogP contribution < -0.4 is 15.7 Å². The molecule has 2 aromatic heterocycles. The number of carbonyl (C=O) groups excluding carboxylic acids is 1. The van der Waals surface area contributed by atoms with E-state index >= 15 is 0 Å². The molecule has 0 bridgehead atoms. The van der Waals surface area contributed by atoms with Crippen LogP contribution in [0.1, 0.15) is 36.8 Å². The number of imidazole rings is 1. The SMILES string of the molecule is Cc1c(C)c2ccc(OCC(=O)NC(c3nc4ccccc4[nH]3)C(C)C)cc2oc1=O. The summed E-state index contributed by atoms with van der Waals surface area (Å²) in [6.45, 7) is 7.50. The molecular formula is C24H25N3O4. The molecule has 7 heteroatoms. The maximum absolute atomic E-state index is 12.6. The van der Waals surface area contributed by atoms with Crippen LogP contribution in [0.25, 0.3) is 22.0 Å². The number of para-hydroxylation sites is 2. The van der Waals surface area contributed by atoms with Crippen molar-refractivity contribution < 1.29 is 13.9 Å². The molecule has 2 aromatic carbocycles. The second kappa shape index (κ2) is 8.26. The van der Waals surface area contributed by atoms with E-state index in [0.717, 1.165) is 22.0 Å². The van der Waals surface area contributed by atoms with Crippen molar-refractivity contribution in [2.24, 2.45) is 5.92 Å². The molecule has 4 aromatic rings. The number of rotatable bonds is 6. The molecule has 1 amide bonds. The zero-order valence-electron chi connectivity index (χ0n) is 18.0. The fraction of sp³-hybridized carbons (Fsp3) is 0.292. The first kappa shape index (κ1) is 20.7. The number of benzene rings is 2. The van der Waals surface area contributed by atoms with Crippen LogP contribution in [0.2, 0.25) is 0 Å². The summed E-state index contributed by atoms with van der Waals surface area (Å²) in [5, 5.41) is 3.84. The van der Waals surface area contributed by atoms with Crippen LogP contribution in [-0.4, -0.2) is 22.5 Å². The molecule has 2 N–H and O–H groups in total. The highest BCUT2D eigenvalue weighted by molar-refractivity contribution is 5.83. The quantitative estimate of drug-likeness (QED) is 0.457. The predicted molar refractivity (Wildman–Crippen MR) is 119 cm³/mol. The zero-order chi connectivity index (χ0) is 22.1. The topological polar surface area (TPSA) is 97.2 Å². The number of nitrogens with zero attached hydrogens (tertiary/aromatic N) is 1. The van der Waals surface area contributed by atoms with Gasteiger partial charge in [0, 0.05) is 17.0 Å². The highest BCUT2D eigenvalue weighted by atomic mass is 16.5. The van der Waals surface area contributed by atoms with Crippen LogP contribution in [0.15, 0.2) is 51.7 Å². The molecule has 0 saturated heterocycles. The van der Waals surface area contributed by atoms with Gasteiger partial charge >= 0.3 is 5.63 Å². The predicted octanol–water partition coefficient (Wildman–Crippen LogP) is 4.18. The summed E-state index contributed by atoms with van der Waals surface area (Å²) in [6.07, 6.45) is 0. The van der Waals surface area contributed by atoms with Crippen molar-refractivity contribution in [1.29, 1.82) is 0 Å². The van der Waals surface area contributed by atoms with E-state index in [1.807, 2.05) is 51.1 Å². The number of aryl methyl sites for hydroxylation is 1. The Hall–Kier alpha value is -3.61. The first-order valence-electron chi connectivity index (χ1n) is 10.2. The Bertz CT molecular complexity index is 1290. The van der Waals surface area contributed by atoms with Crippen molar-refractivity contribution in [3.8, 4) is 5.75 Å². The van der Waals surface area contributed by atoms with E-state index in [-0.39, 0.29) is 30.1 Å². The van der Waals surface area contributed by atoms with Crippen molar-refractivity contribution >= 4 is 27.9 Å². The molecule has 2 heterocycles. The fourth-order valence-electron chi connectivity index (χ4n) is 3.55. The number of H-pyrrole nitrogens is 1. The second-order valence-electron chi connectivity index (χ2n) is 8.01. The Morgan fingerprint density at radius 3 is 2.68 bits per heavy atom. The van der Waals surface area contributed by atoms with Crippen LogP contribution in [0.5, 0.6) is 5.75 Å². The van der Waals surface area contributed by atoms with Crippen molar-refractivity contribution in [1.82, 2.24) is 15.3 Å². The summed E-state index contributed by atoms with van der Waals surface area (Å²) < 4.78 is 11.0. The summed E-state index contributed by atoms with van der Waals surface area (Å²) in [6, 6.07) is 12.7. The lowest BCUT2D eigenvalue weighted by molar-refractivity contribution is -0.124. The van der Waals surface area contributed by atoms with Gasteiger partial charge in [-0.15, -0.1) is 0 Å². The number of hydrogen-bond donors (Lipinski definition) is 2. The van der Waals surface area contributed by atoms with Gasteiger partial charge in [-0.1, -0.05) is 26.0 Å². The Kier molecular flexibility index (Phi) is 5.50. The fourth-order valence-corrected chi connectivity index (χ4v) is 3.55. The summed E-state index contributed by atoms with van der Waals surface area (Å²) in [5.41, 5.74) is 3.32. The third-order valence-electron chi connectivity index (χ3n) is 5.48. The van der Waals surface area contributed by atoms with Crippen LogP contribution in [-0.2, 0) is 4.79 Å². The summed E-state index contributed by atoms with van der Waals surface area (Å²) in [4.78, 5) is 32.4. The van der Waals surface area contributed by atoms with Gasteiger partial charge in [0.05, 0.1) is 17.1 Å². The molecule has 0 fully saturated rings. The Morgan fingerprint density at radius 1 is 1.16 bits per heavy atom. The largest absolute Gasteiger partial charge is 0.484 e. The number of fused-ring (bicyclic) bond motifs is 2. The second-order valence-corrected chi connectivity index (χ2v) is 8.01. The molecule has 1 unspecified atom stereocenters. The van der Waals surface area contributed by atoms with Gasteiger partial charge in [-0.3, -0.25) is 4.79 Å². The van der Waals surface area contributed by atoms with Gasteiger partial charge < -0.3 is 19.5 Å². The standard InChI is InChI=1S/C24H25N3O4/c1-13(2)22(23-25-18-7-5-6-8-19(18)26-23)27-21(28)12-30-16-9-10-17-14(3)15(4)24(29)31-20(17)11-16/h5-11,13,22H,12H2,1-4H3,(H,25,26)(H,27,28). The third kappa shape index (κ3) is 4.17. The van der Waals surface area contributed by atoms with Crippen molar-refractivity contribution in [2.75, 3.05) is 6.61 Å². The summed E-state index contributed by atoms with van der Waals surface area (Å²) in [5.74, 6) is 1.04. The number of nitrogens with one attached hydrogen (secondary N) is 2. The molecule has 31 heavy (non-hydrogen) atoms. The van der Waals surface area contributed by atoms with Gasteiger partial charge in [0.25, 0.3) is 5.91 Å². The lowest BCUT2D eigenvalue weighted by atomic mass is 10.0. The third-order valence-corrected chi connectivity index (χ3v) is 5.48. The minimum atomic E-state index is -0.370. The van der Waals surface area contributed by atoms with Crippen LogP contribution in [0.3, 0.4) is 0 Å². The number of amides is 1. The number of aromatic amines is 1. The molecule has 0 saturated carbocycles. The molecule has 160 valence electrons. The van der Waals surface area contributed by atoms with E-state index in [2.05, 4.69) is 15.3 Å². The maximum Gasteiger partial charge on any atom is 0.339 e. The van der Waals surface area contributed by atoms with E-state index in [0.29, 0.717) is 22.7 Å². The first-order chi connectivity index (χ1) is 14.8. The maximum atomic E-state index is 12.6. The minimum absolute atomic E-state index is 0.130. The van der Waals surface area contributed by atoms with E-state index in [9.17, 15) is 9.59 Å². The van der Waals surface area contributed by atoms with Crippen LogP contribution >= 0.6 is 0 Å². The molecule has 0 radical (unpaired) electrons. The number of hydrogen-bond acceptors (Lipinski definition) is 5. The average Bonchev–Trinajstić information content (AvgIpc) is 3.18. The van der Waals surface area contributed by atoms with E-state index in [1.54, 1.807) is 19.1 Å². The molecule has 1 atom stereocenters. The van der Waals surface area contributed by atoms with Crippen molar-refractivity contribution in [3.63, 3.8) is 0 Å². The Morgan fingerprint density at radius 2 is 1.94 bits per heavy atom. The summed E-state index contributed by atoms with van der Waals surface area (Å²) >= 11 is 0. The first-order valence-corrected chi connectivity index (χ1v) is 10.2. The number of aromatic nitrogens is 2. The van der Waals surface area contributed by atoms with Crippen molar-refractivity contribution in [3.05, 3.63) is 69.8 Å². The van der Waals surface area contributed by atoms with Gasteiger partial charge in [-0.25, -0.2) is 9.78 Å². The molecule has 0 spiro atoms. The molecule has 4 rings (SSSR count). The average molecular weight is 419 g/mol. The lowest BCUT2D eigenvalue weighted by Gasteiger charge is -2.20. The molecule has 0 aliphatic carbocycles. The van der Waals surface area contributed by atoms with Crippen LogP contribution in [0, 0.1) is 19.8 Å². The molecule has 7 nitrogen and oxygen atoms in total. The Balaban J connectivity index is 1.47. The lowest BCUT2D eigenvalue weighted by Crippen LogP contribution is -2.35. The number of ether oxygens (including phenoxy) is 1. The van der Waals surface area contributed by atoms with Gasteiger partial charge in [0.2, 0.25) is 0 Å². The highest BCUT2D eigenvalue weighted by Crippen LogP contribution is 2.25. The van der Waals surface area contributed by atoms with Gasteiger partial charge in [0.15, 0.2) is 6.61 Å². The normalized spacial score (nSPS) is 12.4. The molecular weight excluding hydrogens is 394 g/mol. The van der Waals surface area contributed by atoms with Gasteiger partial charge in [0.1, 0.15) is 17.2 Å². The minimum Gasteiger partial charge on any atom is -0.484 e. The van der Waals surface area contributed by atoms with E-state index in [4.69, 9.17) is 9.15 Å². The molecule has 0 aliphatic heterocycles. The highest BCUT2D eigenvalue weighted by Gasteiger charge is 2.22. The summed E-state index contributed by atoms with van der Waals surface area (Å²) in [7, 11) is 0. The molecule has 0 aliphatic rings. The van der Waals surface area contributed by atoms with Gasteiger partial charge in [-0.2, -0.15) is 0 Å². The Labute approximate surface area is 179 Å².